The summed E-state index contributed by atoms with van der Waals surface area (Å²) in [5.41, 5.74) is 0.700. The molecule has 1 aromatic carbocycles. The summed E-state index contributed by atoms with van der Waals surface area (Å²) in [7, 11) is 0. The first-order valence-electron chi connectivity index (χ1n) is 4.98. The molecule has 0 atom stereocenters. The van der Waals surface area contributed by atoms with Gasteiger partial charge in [-0.3, -0.25) is 0 Å². The first-order chi connectivity index (χ1) is 7.45. The number of alkyl halides is 3. The number of anilines is 1. The molecule has 16 heavy (non-hydrogen) atoms. The fourth-order valence-corrected chi connectivity index (χ4v) is 1.28. The van der Waals surface area contributed by atoms with Crippen molar-refractivity contribution in [1.82, 2.24) is 0 Å². The van der Waals surface area contributed by atoms with Crippen LogP contribution in [-0.2, 0) is 6.18 Å². The van der Waals surface area contributed by atoms with Crippen LogP contribution in [0.2, 0.25) is 0 Å². The average molecular weight is 229 g/mol. The van der Waals surface area contributed by atoms with E-state index in [2.05, 4.69) is 5.32 Å². The zero-order valence-electron chi connectivity index (χ0n) is 9.23. The van der Waals surface area contributed by atoms with Gasteiger partial charge in [0.1, 0.15) is 0 Å². The molecule has 1 N–H and O–H groups in total. The number of aryl methyl sites for hydroxylation is 1. The van der Waals surface area contributed by atoms with Gasteiger partial charge in [-0.2, -0.15) is 13.2 Å². The fraction of sp³-hybridized carbons (Fsp3) is 0.333. The fourth-order valence-electron chi connectivity index (χ4n) is 1.28. The van der Waals surface area contributed by atoms with Crippen LogP contribution in [0.4, 0.5) is 18.9 Å². The van der Waals surface area contributed by atoms with Gasteiger partial charge in [0, 0.05) is 12.2 Å². The van der Waals surface area contributed by atoms with Gasteiger partial charge < -0.3 is 5.32 Å². The third kappa shape index (κ3) is 3.29. The highest BCUT2D eigenvalue weighted by molar-refractivity contribution is 5.53. The topological polar surface area (TPSA) is 12.0 Å². The summed E-state index contributed by atoms with van der Waals surface area (Å²) in [5, 5.41) is 2.94. The largest absolute Gasteiger partial charge is 0.416 e. The molecule has 1 nitrogen and oxygen atoms in total. The molecule has 0 amide bonds. The Morgan fingerprint density at radius 1 is 1.31 bits per heavy atom. The second-order valence-corrected chi connectivity index (χ2v) is 3.48. The molecule has 0 aliphatic rings. The quantitative estimate of drug-likeness (QED) is 0.772. The maximum Gasteiger partial charge on any atom is 0.416 e. The van der Waals surface area contributed by atoms with Crippen LogP contribution in [0.3, 0.4) is 0 Å². The Balaban J connectivity index is 2.91. The van der Waals surface area contributed by atoms with Gasteiger partial charge in [-0.15, -0.1) is 0 Å². The van der Waals surface area contributed by atoms with Crippen molar-refractivity contribution in [2.45, 2.75) is 20.0 Å². The van der Waals surface area contributed by atoms with E-state index in [1.54, 1.807) is 6.92 Å². The maximum absolute atomic E-state index is 12.4. The van der Waals surface area contributed by atoms with Crippen molar-refractivity contribution < 1.29 is 13.2 Å². The lowest BCUT2D eigenvalue weighted by molar-refractivity contribution is -0.137. The maximum atomic E-state index is 12.4. The molecule has 88 valence electrons. The molecule has 0 radical (unpaired) electrons. The Labute approximate surface area is 93.0 Å². The predicted molar refractivity (Wildman–Crippen MR) is 59.5 cm³/mol. The lowest BCUT2D eigenvalue weighted by Gasteiger charge is -2.12. The summed E-state index contributed by atoms with van der Waals surface area (Å²) < 4.78 is 37.3. The van der Waals surface area contributed by atoms with Crippen LogP contribution in [-0.4, -0.2) is 6.54 Å². The highest BCUT2D eigenvalue weighted by Crippen LogP contribution is 2.31. The molecule has 0 unspecified atom stereocenters. The van der Waals surface area contributed by atoms with E-state index in [4.69, 9.17) is 0 Å². The monoisotopic (exact) mass is 229 g/mol. The van der Waals surface area contributed by atoms with Gasteiger partial charge in [0.15, 0.2) is 0 Å². The zero-order chi connectivity index (χ0) is 12.2. The highest BCUT2D eigenvalue weighted by Gasteiger charge is 2.30. The van der Waals surface area contributed by atoms with Crippen LogP contribution < -0.4 is 5.32 Å². The van der Waals surface area contributed by atoms with Crippen molar-refractivity contribution in [3.63, 3.8) is 0 Å². The first kappa shape index (κ1) is 12.6. The van der Waals surface area contributed by atoms with Gasteiger partial charge in [0.05, 0.1) is 5.56 Å². The molecule has 0 heterocycles. The molecule has 0 aromatic heterocycles. The summed E-state index contributed by atoms with van der Waals surface area (Å²) >= 11 is 0. The van der Waals surface area contributed by atoms with Crippen molar-refractivity contribution in [3.8, 4) is 0 Å². The minimum absolute atomic E-state index is 0.521. The van der Waals surface area contributed by atoms with Crippen molar-refractivity contribution in [2.24, 2.45) is 0 Å². The average Bonchev–Trinajstić information content (AvgIpc) is 2.19. The van der Waals surface area contributed by atoms with Gasteiger partial charge in [-0.1, -0.05) is 18.2 Å². The smallest absolute Gasteiger partial charge is 0.381 e. The van der Waals surface area contributed by atoms with E-state index in [0.29, 0.717) is 12.2 Å². The summed E-state index contributed by atoms with van der Waals surface area (Å²) in [6.07, 6.45) is -0.597. The minimum atomic E-state index is -4.29. The summed E-state index contributed by atoms with van der Waals surface area (Å²) in [6, 6.07) is 3.70. The second kappa shape index (κ2) is 5.05. The van der Waals surface area contributed by atoms with E-state index in [1.165, 1.54) is 6.07 Å². The van der Waals surface area contributed by atoms with Crippen molar-refractivity contribution in [3.05, 3.63) is 41.5 Å². The van der Waals surface area contributed by atoms with Gasteiger partial charge >= 0.3 is 6.18 Å². The number of benzene rings is 1. The molecular formula is C12H14F3N. The van der Waals surface area contributed by atoms with E-state index < -0.39 is 11.7 Å². The summed E-state index contributed by atoms with van der Waals surface area (Å²) in [4.78, 5) is 0. The van der Waals surface area contributed by atoms with Crippen molar-refractivity contribution in [1.29, 1.82) is 0 Å². The predicted octanol–water partition coefficient (Wildman–Crippen LogP) is 4.00. The number of rotatable bonds is 3. The van der Waals surface area contributed by atoms with Crippen LogP contribution in [0.15, 0.2) is 30.4 Å². The number of allylic oxidation sites excluding steroid dienone is 1. The molecule has 0 spiro atoms. The van der Waals surface area contributed by atoms with Gasteiger partial charge in [0.2, 0.25) is 0 Å². The molecule has 4 heteroatoms. The van der Waals surface area contributed by atoms with E-state index in [0.717, 1.165) is 17.7 Å². The van der Waals surface area contributed by atoms with E-state index in [-0.39, 0.29) is 0 Å². The van der Waals surface area contributed by atoms with Gasteiger partial charge in [-0.25, -0.2) is 0 Å². The van der Waals surface area contributed by atoms with Gasteiger partial charge in [-0.05, 0) is 31.5 Å². The Kier molecular flexibility index (Phi) is 3.99. The molecule has 0 saturated carbocycles. The van der Waals surface area contributed by atoms with Crippen LogP contribution in [0.25, 0.3) is 0 Å². The third-order valence-corrected chi connectivity index (χ3v) is 2.21. The molecule has 0 bridgehead atoms. The Morgan fingerprint density at radius 2 is 2.00 bits per heavy atom. The normalized spacial score (nSPS) is 12.1. The van der Waals surface area contributed by atoms with E-state index >= 15 is 0 Å². The number of hydrogen-bond donors (Lipinski definition) is 1. The lowest BCUT2D eigenvalue weighted by atomic mass is 10.1. The zero-order valence-corrected chi connectivity index (χ0v) is 9.23. The molecular weight excluding hydrogens is 215 g/mol. The van der Waals surface area contributed by atoms with Crippen LogP contribution in [0.5, 0.6) is 0 Å². The molecule has 0 saturated heterocycles. The van der Waals surface area contributed by atoms with Crippen LogP contribution >= 0.6 is 0 Å². The first-order valence-corrected chi connectivity index (χ1v) is 4.98. The second-order valence-electron chi connectivity index (χ2n) is 3.48. The molecule has 1 aromatic rings. The van der Waals surface area contributed by atoms with Crippen LogP contribution in [0.1, 0.15) is 18.1 Å². The SMILES string of the molecule is C/C=C/CNc1cc(C(F)(F)F)ccc1C. The molecule has 0 aliphatic carbocycles. The minimum Gasteiger partial charge on any atom is -0.381 e. The third-order valence-electron chi connectivity index (χ3n) is 2.21. The van der Waals surface area contributed by atoms with E-state index in [1.807, 2.05) is 19.1 Å². The standard InChI is InChI=1S/C12H14F3N/c1-3-4-7-16-11-8-10(12(13,14)15)6-5-9(11)2/h3-6,8,16H,7H2,1-2H3/b4-3+. The summed E-state index contributed by atoms with van der Waals surface area (Å²) in [5.74, 6) is 0. The Hall–Kier alpha value is -1.45. The number of nitrogens with one attached hydrogen (secondary N) is 1. The molecule has 0 fully saturated rings. The number of hydrogen-bond acceptors (Lipinski definition) is 1. The Bertz CT molecular complexity index is 380. The Morgan fingerprint density at radius 3 is 2.56 bits per heavy atom. The lowest BCUT2D eigenvalue weighted by Crippen LogP contribution is -2.07. The summed E-state index contributed by atoms with van der Waals surface area (Å²) in [6.45, 7) is 4.16. The van der Waals surface area contributed by atoms with Crippen molar-refractivity contribution >= 4 is 5.69 Å². The van der Waals surface area contributed by atoms with Crippen molar-refractivity contribution in [2.75, 3.05) is 11.9 Å². The van der Waals surface area contributed by atoms with Gasteiger partial charge in [0.25, 0.3) is 0 Å². The van der Waals surface area contributed by atoms with Crippen LogP contribution in [0, 0.1) is 6.92 Å². The number of halogens is 3. The molecule has 1 rings (SSSR count). The van der Waals surface area contributed by atoms with E-state index in [9.17, 15) is 13.2 Å². The highest BCUT2D eigenvalue weighted by atomic mass is 19.4. The molecule has 0 aliphatic heterocycles.